The fraction of sp³-hybridized carbons (Fsp3) is 0.667. The van der Waals surface area contributed by atoms with Gasteiger partial charge in [-0.2, -0.15) is 0 Å². The number of hydrogen-bond acceptors (Lipinski definition) is 4. The lowest BCUT2D eigenvalue weighted by molar-refractivity contribution is 0.198. The third-order valence-electron chi connectivity index (χ3n) is 3.53. The fourth-order valence-electron chi connectivity index (χ4n) is 2.50. The number of aliphatic hydroxyl groups excluding tert-OH is 1. The maximum Gasteiger partial charge on any atom is 0.0780 e. The van der Waals surface area contributed by atoms with Crippen LogP contribution in [0.3, 0.4) is 0 Å². The summed E-state index contributed by atoms with van der Waals surface area (Å²) < 4.78 is 0. The number of β-amino-alcohol motifs (C(OH)–C–C–N with tert-alkyl or cyclic N) is 1. The van der Waals surface area contributed by atoms with E-state index in [1.54, 1.807) is 0 Å². The van der Waals surface area contributed by atoms with Crippen LogP contribution in [0, 0.1) is 0 Å². The highest BCUT2D eigenvalue weighted by atomic mass is 16.3. The summed E-state index contributed by atoms with van der Waals surface area (Å²) in [5.74, 6) is 0.444. The summed E-state index contributed by atoms with van der Waals surface area (Å²) in [7, 11) is 4.12. The molecule has 19 heavy (non-hydrogen) atoms. The molecule has 1 atom stereocenters. The van der Waals surface area contributed by atoms with Crippen molar-refractivity contribution in [3.63, 3.8) is 0 Å². The van der Waals surface area contributed by atoms with Crippen molar-refractivity contribution < 1.29 is 5.11 Å². The number of aromatic nitrogens is 1. The number of rotatable bonds is 4. The van der Waals surface area contributed by atoms with E-state index >= 15 is 0 Å². The highest BCUT2D eigenvalue weighted by molar-refractivity contribution is 5.52. The second-order valence-corrected chi connectivity index (χ2v) is 5.98. The quantitative estimate of drug-likeness (QED) is 0.900. The lowest BCUT2D eigenvalue weighted by Crippen LogP contribution is -2.25. The average molecular weight is 263 g/mol. The van der Waals surface area contributed by atoms with Gasteiger partial charge in [-0.25, -0.2) is 0 Å². The highest BCUT2D eigenvalue weighted by Crippen LogP contribution is 2.26. The summed E-state index contributed by atoms with van der Waals surface area (Å²) in [6, 6.07) is 4.28. The van der Waals surface area contributed by atoms with Crippen molar-refractivity contribution in [2.24, 2.45) is 0 Å². The van der Waals surface area contributed by atoms with Gasteiger partial charge >= 0.3 is 0 Å². The first-order valence-corrected chi connectivity index (χ1v) is 7.05. The number of pyridine rings is 1. The van der Waals surface area contributed by atoms with Gasteiger partial charge in [-0.05, 0) is 38.6 Å². The summed E-state index contributed by atoms with van der Waals surface area (Å²) in [5.41, 5.74) is 3.43. The van der Waals surface area contributed by atoms with E-state index in [2.05, 4.69) is 49.9 Å². The van der Waals surface area contributed by atoms with E-state index < -0.39 is 0 Å². The average Bonchev–Trinajstić information content (AvgIpc) is 2.74. The lowest BCUT2D eigenvalue weighted by Gasteiger charge is -2.23. The van der Waals surface area contributed by atoms with Crippen molar-refractivity contribution in [2.75, 3.05) is 32.1 Å². The normalized spacial score (nSPS) is 19.7. The van der Waals surface area contributed by atoms with E-state index in [9.17, 15) is 5.11 Å². The zero-order valence-electron chi connectivity index (χ0n) is 12.4. The molecule has 4 nitrogen and oxygen atoms in total. The summed E-state index contributed by atoms with van der Waals surface area (Å²) >= 11 is 0. The van der Waals surface area contributed by atoms with Crippen LogP contribution < -0.4 is 4.90 Å². The second-order valence-electron chi connectivity index (χ2n) is 5.98. The van der Waals surface area contributed by atoms with Crippen LogP contribution in [0.5, 0.6) is 0 Å². The summed E-state index contributed by atoms with van der Waals surface area (Å²) in [6.07, 6.45) is 0.657. The molecule has 0 spiro atoms. The SMILES string of the molecule is CC(C)c1ccc(N2CC[C@@H](O)C2)c(CN(C)C)n1. The van der Waals surface area contributed by atoms with Crippen molar-refractivity contribution in [3.8, 4) is 0 Å². The van der Waals surface area contributed by atoms with Gasteiger partial charge in [-0.3, -0.25) is 4.98 Å². The molecule has 1 aliphatic heterocycles. The molecule has 2 heterocycles. The predicted molar refractivity (Wildman–Crippen MR) is 78.6 cm³/mol. The highest BCUT2D eigenvalue weighted by Gasteiger charge is 2.23. The Labute approximate surface area is 116 Å². The molecule has 1 aromatic rings. The van der Waals surface area contributed by atoms with Crippen molar-refractivity contribution in [1.82, 2.24) is 9.88 Å². The third-order valence-corrected chi connectivity index (χ3v) is 3.53. The van der Waals surface area contributed by atoms with Gasteiger partial charge in [0.15, 0.2) is 0 Å². The van der Waals surface area contributed by atoms with Gasteiger partial charge in [0.2, 0.25) is 0 Å². The number of nitrogens with zero attached hydrogens (tertiary/aromatic N) is 3. The first kappa shape index (κ1) is 14.3. The minimum atomic E-state index is -0.197. The molecule has 0 aliphatic carbocycles. The van der Waals surface area contributed by atoms with E-state index in [0.717, 1.165) is 37.4 Å². The smallest absolute Gasteiger partial charge is 0.0780 e. The fourth-order valence-corrected chi connectivity index (χ4v) is 2.50. The molecule has 0 saturated carbocycles. The van der Waals surface area contributed by atoms with Gasteiger partial charge in [-0.1, -0.05) is 13.8 Å². The summed E-state index contributed by atoms with van der Waals surface area (Å²) in [4.78, 5) is 9.21. The Hall–Kier alpha value is -1.13. The number of anilines is 1. The molecule has 1 fully saturated rings. The first-order chi connectivity index (χ1) is 8.97. The van der Waals surface area contributed by atoms with E-state index in [1.165, 1.54) is 5.69 Å². The van der Waals surface area contributed by atoms with Crippen molar-refractivity contribution in [3.05, 3.63) is 23.5 Å². The van der Waals surface area contributed by atoms with Gasteiger partial charge in [0.1, 0.15) is 0 Å². The standard InChI is InChI=1S/C15H25N3O/c1-11(2)13-5-6-15(14(16-13)10-17(3)4)18-8-7-12(19)9-18/h5-6,11-12,19H,7-10H2,1-4H3/t12-/m1/s1. The maximum atomic E-state index is 9.70. The van der Waals surface area contributed by atoms with Crippen LogP contribution in [0.25, 0.3) is 0 Å². The molecule has 1 aliphatic rings. The van der Waals surface area contributed by atoms with Crippen molar-refractivity contribution in [2.45, 2.75) is 38.8 Å². The first-order valence-electron chi connectivity index (χ1n) is 7.05. The van der Waals surface area contributed by atoms with Gasteiger partial charge in [0, 0.05) is 25.3 Å². The number of hydrogen-bond donors (Lipinski definition) is 1. The Bertz CT molecular complexity index is 431. The van der Waals surface area contributed by atoms with Crippen molar-refractivity contribution in [1.29, 1.82) is 0 Å². The minimum absolute atomic E-state index is 0.197. The van der Waals surface area contributed by atoms with Gasteiger partial charge in [0.25, 0.3) is 0 Å². The maximum absolute atomic E-state index is 9.70. The predicted octanol–water partition coefficient (Wildman–Crippen LogP) is 1.84. The largest absolute Gasteiger partial charge is 0.391 e. The van der Waals surface area contributed by atoms with Crippen LogP contribution in [0.1, 0.15) is 37.6 Å². The number of aliphatic hydroxyl groups is 1. The Morgan fingerprint density at radius 1 is 1.42 bits per heavy atom. The van der Waals surface area contributed by atoms with E-state index in [4.69, 9.17) is 4.98 Å². The molecule has 0 bridgehead atoms. The molecule has 106 valence electrons. The molecule has 0 aromatic carbocycles. The Morgan fingerprint density at radius 3 is 2.68 bits per heavy atom. The molecular weight excluding hydrogens is 238 g/mol. The summed E-state index contributed by atoms with van der Waals surface area (Å²) in [6.45, 7) is 6.82. The monoisotopic (exact) mass is 263 g/mol. The Kier molecular flexibility index (Phi) is 4.42. The molecule has 0 unspecified atom stereocenters. The van der Waals surface area contributed by atoms with Gasteiger partial charge in [0.05, 0.1) is 17.5 Å². The van der Waals surface area contributed by atoms with E-state index in [-0.39, 0.29) is 6.10 Å². The molecule has 4 heteroatoms. The van der Waals surface area contributed by atoms with Crippen LogP contribution in [-0.4, -0.2) is 48.3 Å². The van der Waals surface area contributed by atoms with Gasteiger partial charge < -0.3 is 14.9 Å². The van der Waals surface area contributed by atoms with E-state index in [0.29, 0.717) is 5.92 Å². The topological polar surface area (TPSA) is 39.6 Å². The molecule has 2 rings (SSSR count). The van der Waals surface area contributed by atoms with Crippen LogP contribution in [0.4, 0.5) is 5.69 Å². The second kappa shape index (κ2) is 5.88. The van der Waals surface area contributed by atoms with Crippen molar-refractivity contribution >= 4 is 5.69 Å². The zero-order valence-corrected chi connectivity index (χ0v) is 12.4. The molecule has 0 radical (unpaired) electrons. The molecule has 1 N–H and O–H groups in total. The van der Waals surface area contributed by atoms with E-state index in [1.807, 2.05) is 0 Å². The Morgan fingerprint density at radius 2 is 2.16 bits per heavy atom. The Balaban J connectivity index is 2.30. The van der Waals surface area contributed by atoms with Crippen LogP contribution in [0.2, 0.25) is 0 Å². The zero-order chi connectivity index (χ0) is 14.0. The molecule has 1 aromatic heterocycles. The van der Waals surface area contributed by atoms with Crippen LogP contribution in [-0.2, 0) is 6.54 Å². The lowest BCUT2D eigenvalue weighted by atomic mass is 10.1. The molecular formula is C15H25N3O. The minimum Gasteiger partial charge on any atom is -0.391 e. The van der Waals surface area contributed by atoms with Crippen LogP contribution in [0.15, 0.2) is 12.1 Å². The van der Waals surface area contributed by atoms with Gasteiger partial charge in [-0.15, -0.1) is 0 Å². The molecule has 0 amide bonds. The third kappa shape index (κ3) is 3.45. The molecule has 1 saturated heterocycles. The summed E-state index contributed by atoms with van der Waals surface area (Å²) in [5, 5.41) is 9.70. The van der Waals surface area contributed by atoms with Crippen LogP contribution >= 0.6 is 0 Å².